The Morgan fingerprint density at radius 2 is 2.00 bits per heavy atom. The summed E-state index contributed by atoms with van der Waals surface area (Å²) in [7, 11) is 0. The van der Waals surface area contributed by atoms with Crippen molar-refractivity contribution in [3.63, 3.8) is 0 Å². The van der Waals surface area contributed by atoms with E-state index < -0.39 is 0 Å². The van der Waals surface area contributed by atoms with Crippen LogP contribution in [0.15, 0.2) is 57.6 Å². The Morgan fingerprint density at radius 1 is 1.26 bits per heavy atom. The molecule has 0 radical (unpaired) electrons. The lowest BCUT2D eigenvalue weighted by Gasteiger charge is -2.08. The van der Waals surface area contributed by atoms with Gasteiger partial charge in [0.25, 0.3) is 0 Å². The summed E-state index contributed by atoms with van der Waals surface area (Å²) in [5, 5.41) is 2.06. The normalized spacial score (nSPS) is 13.7. The van der Waals surface area contributed by atoms with Gasteiger partial charge in [-0.3, -0.25) is 4.99 Å². The number of allylic oxidation sites excluding steroid dienone is 5. The number of nitrogens with zero attached hydrogens (tertiary/aromatic N) is 1. The molecule has 0 bridgehead atoms. The highest BCUT2D eigenvalue weighted by Gasteiger charge is 2.06. The molecule has 0 aromatic heterocycles. The molecule has 0 saturated heterocycles. The van der Waals surface area contributed by atoms with E-state index in [9.17, 15) is 0 Å². The number of nitrogens with two attached hydrogens (primary N) is 1. The van der Waals surface area contributed by atoms with Crippen molar-refractivity contribution in [2.75, 3.05) is 6.54 Å². The van der Waals surface area contributed by atoms with Gasteiger partial charge in [0.15, 0.2) is 0 Å². The summed E-state index contributed by atoms with van der Waals surface area (Å²) in [4.78, 5) is 4.35. The molecule has 23 heavy (non-hydrogen) atoms. The van der Waals surface area contributed by atoms with Gasteiger partial charge in [0.2, 0.25) is 0 Å². The SMILES string of the molecule is C\C(Cl)=C(Cl)/C=C\C=C\CN=C(Cc1cccc(Cl)c1Cl)NN. The zero-order chi connectivity index (χ0) is 17.2. The van der Waals surface area contributed by atoms with Crippen molar-refractivity contribution in [3.8, 4) is 0 Å². The molecule has 0 aliphatic heterocycles. The fourth-order valence-corrected chi connectivity index (χ4v) is 2.10. The largest absolute Gasteiger partial charge is 0.312 e. The molecule has 0 aliphatic rings. The molecule has 0 unspecified atom stereocenters. The molecule has 124 valence electrons. The Morgan fingerprint density at radius 3 is 2.65 bits per heavy atom. The zero-order valence-electron chi connectivity index (χ0n) is 12.5. The lowest BCUT2D eigenvalue weighted by molar-refractivity contribution is 0.970. The van der Waals surface area contributed by atoms with Crippen molar-refractivity contribution < 1.29 is 0 Å². The van der Waals surface area contributed by atoms with Crippen LogP contribution in [0.2, 0.25) is 10.0 Å². The van der Waals surface area contributed by atoms with Crippen LogP contribution in [0.5, 0.6) is 0 Å². The van der Waals surface area contributed by atoms with Crippen LogP contribution >= 0.6 is 46.4 Å². The summed E-state index contributed by atoms with van der Waals surface area (Å²) in [5.74, 6) is 6.10. The highest BCUT2D eigenvalue weighted by molar-refractivity contribution is 6.42. The molecule has 0 aliphatic carbocycles. The minimum Gasteiger partial charge on any atom is -0.312 e. The molecule has 3 N–H and O–H groups in total. The third kappa shape index (κ3) is 7.42. The Hall–Kier alpha value is -0.970. The molecular formula is C16H17Cl4N3. The summed E-state index contributed by atoms with van der Waals surface area (Å²) in [5.41, 5.74) is 3.43. The van der Waals surface area contributed by atoms with E-state index in [1.54, 1.807) is 25.1 Å². The van der Waals surface area contributed by atoms with E-state index in [1.807, 2.05) is 24.3 Å². The van der Waals surface area contributed by atoms with Gasteiger partial charge in [0.1, 0.15) is 5.84 Å². The summed E-state index contributed by atoms with van der Waals surface area (Å²) in [6, 6.07) is 5.44. The third-order valence-electron chi connectivity index (χ3n) is 2.76. The van der Waals surface area contributed by atoms with E-state index in [-0.39, 0.29) is 0 Å². The maximum atomic E-state index is 6.15. The van der Waals surface area contributed by atoms with Crippen LogP contribution in [-0.2, 0) is 6.42 Å². The standard InChI is InChI=1S/C16H17Cl4N3/c1-11(17)13(18)7-3-2-4-9-22-15(23-21)10-12-6-5-8-14(19)16(12)20/h2-8H,9-10,21H2,1H3,(H,22,23)/b4-2+,7-3-,13-11-. The molecule has 0 amide bonds. The van der Waals surface area contributed by atoms with E-state index in [0.29, 0.717) is 38.9 Å². The first kappa shape index (κ1) is 20.1. The third-order valence-corrected chi connectivity index (χ3v) is 4.33. The predicted molar refractivity (Wildman–Crippen MR) is 102 cm³/mol. The number of aliphatic imine (C=N–C) groups is 1. The van der Waals surface area contributed by atoms with Crippen molar-refractivity contribution >= 4 is 52.2 Å². The number of halogens is 4. The minimum atomic E-state index is 0.462. The molecule has 0 heterocycles. The number of nitrogens with one attached hydrogen (secondary N) is 1. The second kappa shape index (κ2) is 10.7. The van der Waals surface area contributed by atoms with Gasteiger partial charge >= 0.3 is 0 Å². The number of benzene rings is 1. The van der Waals surface area contributed by atoms with Crippen molar-refractivity contribution in [2.45, 2.75) is 13.3 Å². The van der Waals surface area contributed by atoms with Crippen molar-refractivity contribution in [1.29, 1.82) is 0 Å². The van der Waals surface area contributed by atoms with Gasteiger partial charge in [-0.25, -0.2) is 5.84 Å². The molecule has 0 spiro atoms. The number of hydrogen-bond donors (Lipinski definition) is 2. The van der Waals surface area contributed by atoms with E-state index in [1.165, 1.54) is 0 Å². The molecule has 0 fully saturated rings. The van der Waals surface area contributed by atoms with Crippen molar-refractivity contribution in [3.05, 3.63) is 68.2 Å². The lowest BCUT2D eigenvalue weighted by Crippen LogP contribution is -2.32. The smallest absolute Gasteiger partial charge is 0.115 e. The lowest BCUT2D eigenvalue weighted by atomic mass is 10.1. The highest BCUT2D eigenvalue weighted by Crippen LogP contribution is 2.25. The van der Waals surface area contributed by atoms with Crippen LogP contribution in [0, 0.1) is 0 Å². The molecule has 1 aromatic rings. The highest BCUT2D eigenvalue weighted by atomic mass is 35.5. The van der Waals surface area contributed by atoms with E-state index >= 15 is 0 Å². The minimum absolute atomic E-state index is 0.462. The molecule has 1 aromatic carbocycles. The fourth-order valence-electron chi connectivity index (χ4n) is 1.58. The number of hydrogen-bond acceptors (Lipinski definition) is 2. The van der Waals surface area contributed by atoms with Gasteiger partial charge < -0.3 is 5.43 Å². The van der Waals surface area contributed by atoms with E-state index in [4.69, 9.17) is 52.2 Å². The number of hydrazine groups is 1. The van der Waals surface area contributed by atoms with Crippen LogP contribution in [0.25, 0.3) is 0 Å². The first-order valence-electron chi connectivity index (χ1n) is 6.73. The van der Waals surface area contributed by atoms with Crippen LogP contribution < -0.4 is 11.3 Å². The van der Waals surface area contributed by atoms with Crippen LogP contribution in [0.1, 0.15) is 12.5 Å². The van der Waals surface area contributed by atoms with Crippen LogP contribution in [-0.4, -0.2) is 12.4 Å². The van der Waals surface area contributed by atoms with Crippen molar-refractivity contribution in [1.82, 2.24) is 5.43 Å². The topological polar surface area (TPSA) is 50.4 Å². The Kier molecular flexibility index (Phi) is 9.37. The van der Waals surface area contributed by atoms with Gasteiger partial charge in [-0.05, 0) is 24.6 Å². The number of rotatable bonds is 6. The first-order valence-corrected chi connectivity index (χ1v) is 8.24. The quantitative estimate of drug-likeness (QED) is 0.229. The van der Waals surface area contributed by atoms with Gasteiger partial charge in [-0.1, -0.05) is 76.8 Å². The zero-order valence-corrected chi connectivity index (χ0v) is 15.5. The maximum absolute atomic E-state index is 6.15. The molecule has 7 heteroatoms. The van der Waals surface area contributed by atoms with Gasteiger partial charge in [0, 0.05) is 11.5 Å². The Labute approximate surface area is 156 Å². The Balaban J connectivity index is 2.63. The molecule has 0 atom stereocenters. The monoisotopic (exact) mass is 391 g/mol. The summed E-state index contributed by atoms with van der Waals surface area (Å²) >= 11 is 23.7. The summed E-state index contributed by atoms with van der Waals surface area (Å²) in [6.45, 7) is 2.19. The van der Waals surface area contributed by atoms with Crippen LogP contribution in [0.3, 0.4) is 0 Å². The van der Waals surface area contributed by atoms with E-state index in [0.717, 1.165) is 5.56 Å². The predicted octanol–water partition coefficient (Wildman–Crippen LogP) is 5.22. The summed E-state index contributed by atoms with van der Waals surface area (Å²) < 4.78 is 0. The second-order valence-corrected chi connectivity index (χ2v) is 6.25. The van der Waals surface area contributed by atoms with Gasteiger partial charge in [-0.15, -0.1) is 0 Å². The maximum Gasteiger partial charge on any atom is 0.115 e. The van der Waals surface area contributed by atoms with Gasteiger partial charge in [-0.2, -0.15) is 0 Å². The summed E-state index contributed by atoms with van der Waals surface area (Å²) in [6.07, 6.45) is 7.65. The van der Waals surface area contributed by atoms with Gasteiger partial charge in [0.05, 0.1) is 21.6 Å². The molecular weight excluding hydrogens is 376 g/mol. The second-order valence-electron chi connectivity index (χ2n) is 4.49. The average molecular weight is 393 g/mol. The molecule has 3 nitrogen and oxygen atoms in total. The van der Waals surface area contributed by atoms with Crippen molar-refractivity contribution in [2.24, 2.45) is 10.8 Å². The Bertz CT molecular complexity index is 645. The number of amidine groups is 1. The van der Waals surface area contributed by atoms with E-state index in [2.05, 4.69) is 10.4 Å². The van der Waals surface area contributed by atoms with Crippen LogP contribution in [0.4, 0.5) is 0 Å². The average Bonchev–Trinajstić information content (AvgIpc) is 2.53. The molecule has 0 saturated carbocycles. The fraction of sp³-hybridized carbons (Fsp3) is 0.188. The first-order chi connectivity index (χ1) is 11.0. The molecule has 1 rings (SSSR count).